The molecule has 0 aromatic heterocycles. The Morgan fingerprint density at radius 1 is 1.06 bits per heavy atom. The molecule has 0 N–H and O–H groups in total. The summed E-state index contributed by atoms with van der Waals surface area (Å²) in [4.78, 5) is 12.0. The van der Waals surface area contributed by atoms with E-state index in [0.29, 0.717) is 6.61 Å². The minimum Gasteiger partial charge on any atom is -0.373 e. The van der Waals surface area contributed by atoms with Gasteiger partial charge in [0.1, 0.15) is 6.61 Å². The van der Waals surface area contributed by atoms with Crippen LogP contribution in [0.1, 0.15) is 53.2 Å². The van der Waals surface area contributed by atoms with Crippen molar-refractivity contribution in [3.8, 4) is 0 Å². The molecule has 0 saturated heterocycles. The smallest absolute Gasteiger partial charge is 0.188 e. The number of hydrogen-bond donors (Lipinski definition) is 0. The van der Waals surface area contributed by atoms with Gasteiger partial charge in [-0.2, -0.15) is 0 Å². The van der Waals surface area contributed by atoms with Crippen LogP contribution >= 0.6 is 0 Å². The van der Waals surface area contributed by atoms with Crippen LogP contribution in [0.4, 0.5) is 0 Å². The molecular weight excluding hydrogens is 224 g/mol. The number of aryl methyl sites for hydroxylation is 3. The fraction of sp³-hybridized carbons (Fsp3) is 0.562. The number of ketones is 1. The van der Waals surface area contributed by atoms with Crippen molar-refractivity contribution in [2.45, 2.75) is 47.0 Å². The van der Waals surface area contributed by atoms with E-state index in [2.05, 4.69) is 19.9 Å². The van der Waals surface area contributed by atoms with Gasteiger partial charge in [-0.25, -0.2) is 0 Å². The summed E-state index contributed by atoms with van der Waals surface area (Å²) in [7, 11) is 0. The highest BCUT2D eigenvalue weighted by Gasteiger charge is 2.10. The van der Waals surface area contributed by atoms with Gasteiger partial charge >= 0.3 is 0 Å². The molecule has 0 bridgehead atoms. The molecule has 1 aromatic carbocycles. The Morgan fingerprint density at radius 2 is 1.72 bits per heavy atom. The summed E-state index contributed by atoms with van der Waals surface area (Å²) in [6.45, 7) is 9.13. The molecule has 0 aliphatic rings. The predicted molar refractivity (Wildman–Crippen MR) is 75.3 cm³/mol. The Hall–Kier alpha value is -1.15. The maximum Gasteiger partial charge on any atom is 0.188 e. The van der Waals surface area contributed by atoms with Gasteiger partial charge in [0.2, 0.25) is 0 Å². The van der Waals surface area contributed by atoms with Crippen LogP contribution in [-0.2, 0) is 4.74 Å². The van der Waals surface area contributed by atoms with Crippen molar-refractivity contribution in [3.63, 3.8) is 0 Å². The van der Waals surface area contributed by atoms with Gasteiger partial charge in [0.05, 0.1) is 0 Å². The quantitative estimate of drug-likeness (QED) is 0.538. The zero-order valence-electron chi connectivity index (χ0n) is 12.0. The monoisotopic (exact) mass is 248 g/mol. The first-order valence-corrected chi connectivity index (χ1v) is 6.75. The SMILES string of the molecule is CCCCCOCC(=O)c1cc(C)c(C)cc1C. The van der Waals surface area contributed by atoms with E-state index in [-0.39, 0.29) is 12.4 Å². The van der Waals surface area contributed by atoms with E-state index >= 15 is 0 Å². The average molecular weight is 248 g/mol. The van der Waals surface area contributed by atoms with Crippen molar-refractivity contribution in [2.24, 2.45) is 0 Å². The van der Waals surface area contributed by atoms with Gasteiger partial charge in [-0.3, -0.25) is 4.79 Å². The van der Waals surface area contributed by atoms with Crippen LogP contribution in [0.3, 0.4) is 0 Å². The van der Waals surface area contributed by atoms with E-state index < -0.39 is 0 Å². The Kier molecular flexibility index (Phi) is 6.06. The van der Waals surface area contributed by atoms with Gasteiger partial charge in [0, 0.05) is 12.2 Å². The molecule has 0 amide bonds. The lowest BCUT2D eigenvalue weighted by atomic mass is 9.98. The van der Waals surface area contributed by atoms with Crippen LogP contribution in [0.25, 0.3) is 0 Å². The van der Waals surface area contributed by atoms with E-state index in [9.17, 15) is 4.79 Å². The minimum absolute atomic E-state index is 0.0899. The van der Waals surface area contributed by atoms with E-state index in [0.717, 1.165) is 29.5 Å². The number of hydrogen-bond acceptors (Lipinski definition) is 2. The maximum absolute atomic E-state index is 12.0. The first-order chi connectivity index (χ1) is 8.56. The summed E-state index contributed by atoms with van der Waals surface area (Å²) in [5.41, 5.74) is 4.23. The van der Waals surface area contributed by atoms with Crippen LogP contribution in [0.2, 0.25) is 0 Å². The van der Waals surface area contributed by atoms with E-state index in [1.165, 1.54) is 12.0 Å². The van der Waals surface area contributed by atoms with Gasteiger partial charge in [0.25, 0.3) is 0 Å². The molecule has 0 fully saturated rings. The molecule has 100 valence electrons. The molecule has 0 atom stereocenters. The Balaban J connectivity index is 2.54. The third-order valence-electron chi connectivity index (χ3n) is 3.27. The van der Waals surface area contributed by atoms with Crippen molar-refractivity contribution in [2.75, 3.05) is 13.2 Å². The highest BCUT2D eigenvalue weighted by Crippen LogP contribution is 2.16. The number of benzene rings is 1. The summed E-state index contributed by atoms with van der Waals surface area (Å²) < 4.78 is 5.43. The average Bonchev–Trinajstić information content (AvgIpc) is 2.33. The van der Waals surface area contributed by atoms with Crippen LogP contribution < -0.4 is 0 Å². The molecule has 18 heavy (non-hydrogen) atoms. The lowest BCUT2D eigenvalue weighted by Gasteiger charge is -2.09. The second kappa shape index (κ2) is 7.32. The Morgan fingerprint density at radius 3 is 2.39 bits per heavy atom. The second-order valence-electron chi connectivity index (χ2n) is 4.93. The van der Waals surface area contributed by atoms with Crippen molar-refractivity contribution in [3.05, 3.63) is 34.4 Å². The molecule has 2 nitrogen and oxygen atoms in total. The normalized spacial score (nSPS) is 10.7. The van der Waals surface area contributed by atoms with Crippen LogP contribution in [-0.4, -0.2) is 19.0 Å². The largest absolute Gasteiger partial charge is 0.373 e. The molecule has 0 spiro atoms. The van der Waals surface area contributed by atoms with Gasteiger partial charge in [-0.15, -0.1) is 0 Å². The lowest BCUT2D eigenvalue weighted by Crippen LogP contribution is -2.12. The molecule has 0 aliphatic heterocycles. The van der Waals surface area contributed by atoms with Gasteiger partial charge < -0.3 is 4.74 Å². The molecule has 1 rings (SSSR count). The molecule has 0 saturated carbocycles. The highest BCUT2D eigenvalue weighted by molar-refractivity contribution is 5.98. The van der Waals surface area contributed by atoms with Crippen LogP contribution in [0.15, 0.2) is 12.1 Å². The number of carbonyl (C=O) groups is 1. The summed E-state index contributed by atoms with van der Waals surface area (Å²) in [6, 6.07) is 4.04. The van der Waals surface area contributed by atoms with Crippen molar-refractivity contribution in [1.29, 1.82) is 0 Å². The highest BCUT2D eigenvalue weighted by atomic mass is 16.5. The minimum atomic E-state index is 0.0899. The zero-order chi connectivity index (χ0) is 13.5. The molecule has 1 aromatic rings. The first kappa shape index (κ1) is 14.9. The molecule has 2 heteroatoms. The number of ether oxygens (including phenoxy) is 1. The number of unbranched alkanes of at least 4 members (excludes halogenated alkanes) is 2. The topological polar surface area (TPSA) is 26.3 Å². The summed E-state index contributed by atoms with van der Waals surface area (Å²) >= 11 is 0. The predicted octanol–water partition coefficient (Wildman–Crippen LogP) is 4.00. The molecular formula is C16H24O2. The number of rotatable bonds is 7. The molecule has 0 heterocycles. The van der Waals surface area contributed by atoms with Gasteiger partial charge in [0.15, 0.2) is 5.78 Å². The molecule has 0 radical (unpaired) electrons. The summed E-state index contributed by atoms with van der Waals surface area (Å²) in [6.07, 6.45) is 3.38. The van der Waals surface area contributed by atoms with E-state index in [1.54, 1.807) is 0 Å². The third-order valence-corrected chi connectivity index (χ3v) is 3.27. The number of carbonyl (C=O) groups excluding carboxylic acids is 1. The summed E-state index contributed by atoms with van der Waals surface area (Å²) in [5.74, 6) is 0.0899. The zero-order valence-corrected chi connectivity index (χ0v) is 12.0. The summed E-state index contributed by atoms with van der Waals surface area (Å²) in [5, 5.41) is 0. The Labute approximate surface area is 110 Å². The first-order valence-electron chi connectivity index (χ1n) is 6.75. The van der Waals surface area contributed by atoms with Gasteiger partial charge in [-0.1, -0.05) is 25.8 Å². The lowest BCUT2D eigenvalue weighted by molar-refractivity contribution is 0.0752. The Bertz CT molecular complexity index is 408. The standard InChI is InChI=1S/C16H24O2/c1-5-6-7-8-18-11-16(17)15-10-13(3)12(2)9-14(15)4/h9-10H,5-8,11H2,1-4H3. The second-order valence-corrected chi connectivity index (χ2v) is 4.93. The fourth-order valence-corrected chi connectivity index (χ4v) is 1.96. The van der Waals surface area contributed by atoms with Crippen molar-refractivity contribution in [1.82, 2.24) is 0 Å². The molecule has 0 unspecified atom stereocenters. The van der Waals surface area contributed by atoms with Crippen LogP contribution in [0.5, 0.6) is 0 Å². The third kappa shape index (κ3) is 4.26. The van der Waals surface area contributed by atoms with Gasteiger partial charge in [-0.05, 0) is 49.9 Å². The fourth-order valence-electron chi connectivity index (χ4n) is 1.96. The molecule has 0 aliphatic carbocycles. The van der Waals surface area contributed by atoms with E-state index in [4.69, 9.17) is 4.74 Å². The number of Topliss-reactive ketones (excluding diaryl/α,β-unsaturated/α-hetero) is 1. The van der Waals surface area contributed by atoms with Crippen molar-refractivity contribution >= 4 is 5.78 Å². The maximum atomic E-state index is 12.0. The van der Waals surface area contributed by atoms with E-state index in [1.807, 2.05) is 19.9 Å². The van der Waals surface area contributed by atoms with Crippen molar-refractivity contribution < 1.29 is 9.53 Å². The van der Waals surface area contributed by atoms with Crippen LogP contribution in [0, 0.1) is 20.8 Å².